The van der Waals surface area contributed by atoms with Crippen LogP contribution in [-0.2, 0) is 6.42 Å². The van der Waals surface area contributed by atoms with Gasteiger partial charge in [0.05, 0.1) is 17.4 Å². The summed E-state index contributed by atoms with van der Waals surface area (Å²) in [4.78, 5) is 4.36. The number of aromatic nitrogens is 3. The van der Waals surface area contributed by atoms with Crippen molar-refractivity contribution in [3.63, 3.8) is 0 Å². The number of nitriles is 1. The first-order chi connectivity index (χ1) is 12.2. The zero-order valence-corrected chi connectivity index (χ0v) is 14.0. The molecule has 1 aromatic heterocycles. The molecule has 0 amide bonds. The van der Waals surface area contributed by atoms with Gasteiger partial charge in [0.2, 0.25) is 5.95 Å². The van der Waals surface area contributed by atoms with Crippen molar-refractivity contribution < 1.29 is 0 Å². The molecule has 0 saturated carbocycles. The molecule has 2 N–H and O–H groups in total. The number of para-hydroxylation sites is 1. The summed E-state index contributed by atoms with van der Waals surface area (Å²) in [5.41, 5.74) is 2.30. The van der Waals surface area contributed by atoms with Crippen molar-refractivity contribution in [1.82, 2.24) is 15.2 Å². The number of nitrogens with one attached hydrogen (secondary N) is 2. The molecule has 1 heterocycles. The van der Waals surface area contributed by atoms with Crippen LogP contribution >= 0.6 is 11.6 Å². The van der Waals surface area contributed by atoms with Crippen molar-refractivity contribution in [2.24, 2.45) is 0 Å². The van der Waals surface area contributed by atoms with Crippen LogP contribution in [0.3, 0.4) is 0 Å². The van der Waals surface area contributed by atoms with E-state index in [0.29, 0.717) is 29.6 Å². The summed E-state index contributed by atoms with van der Waals surface area (Å²) in [6.07, 6.45) is 2.37. The monoisotopic (exact) mass is 350 g/mol. The molecule has 25 heavy (non-hydrogen) atoms. The Labute approximate surface area is 150 Å². The van der Waals surface area contributed by atoms with Crippen LogP contribution in [0, 0.1) is 11.3 Å². The first-order valence-electron chi connectivity index (χ1n) is 7.69. The highest BCUT2D eigenvalue weighted by Crippen LogP contribution is 2.18. The van der Waals surface area contributed by atoms with Gasteiger partial charge in [0.25, 0.3) is 0 Å². The molecule has 0 radical (unpaired) electrons. The minimum absolute atomic E-state index is 0.329. The smallest absolute Gasteiger partial charge is 0.249 e. The molecular formula is C18H15ClN6. The fourth-order valence-electron chi connectivity index (χ4n) is 2.28. The topological polar surface area (TPSA) is 86.5 Å². The summed E-state index contributed by atoms with van der Waals surface area (Å²) < 4.78 is 0. The Hall–Kier alpha value is -3.17. The van der Waals surface area contributed by atoms with E-state index in [1.807, 2.05) is 30.3 Å². The fraction of sp³-hybridized carbons (Fsp3) is 0.111. The molecule has 6 nitrogen and oxygen atoms in total. The van der Waals surface area contributed by atoms with Crippen molar-refractivity contribution >= 4 is 29.1 Å². The van der Waals surface area contributed by atoms with Gasteiger partial charge in [0.15, 0.2) is 5.82 Å². The fourth-order valence-corrected chi connectivity index (χ4v) is 2.49. The Morgan fingerprint density at radius 2 is 2.00 bits per heavy atom. The molecule has 0 atom stereocenters. The Bertz CT molecular complexity index is 906. The highest BCUT2D eigenvalue weighted by Gasteiger charge is 2.05. The number of rotatable bonds is 6. The molecule has 0 spiro atoms. The standard InChI is InChI=1S/C18H15ClN6/c19-15-6-3-4-13(10-15)8-9-21-17-12-22-25-18(24-17)23-16-7-2-1-5-14(16)11-20/h1-7,10,12H,8-9H2,(H2,21,23,24,25). The molecule has 0 fully saturated rings. The van der Waals surface area contributed by atoms with Crippen molar-refractivity contribution in [2.75, 3.05) is 17.2 Å². The average molecular weight is 351 g/mol. The molecule has 3 aromatic rings. The van der Waals surface area contributed by atoms with E-state index < -0.39 is 0 Å². The van der Waals surface area contributed by atoms with E-state index in [4.69, 9.17) is 16.9 Å². The number of anilines is 3. The summed E-state index contributed by atoms with van der Waals surface area (Å²) in [5.74, 6) is 0.935. The molecule has 0 bridgehead atoms. The second-order valence-corrected chi connectivity index (χ2v) is 5.69. The largest absolute Gasteiger partial charge is 0.368 e. The molecule has 0 aliphatic rings. The van der Waals surface area contributed by atoms with Crippen LogP contribution < -0.4 is 10.6 Å². The van der Waals surface area contributed by atoms with Crippen molar-refractivity contribution in [1.29, 1.82) is 5.26 Å². The minimum Gasteiger partial charge on any atom is -0.368 e. The molecule has 0 aliphatic heterocycles. The normalized spacial score (nSPS) is 10.1. The Morgan fingerprint density at radius 1 is 1.12 bits per heavy atom. The zero-order valence-electron chi connectivity index (χ0n) is 13.3. The van der Waals surface area contributed by atoms with E-state index in [0.717, 1.165) is 17.0 Å². The maximum Gasteiger partial charge on any atom is 0.249 e. The van der Waals surface area contributed by atoms with Gasteiger partial charge in [-0.1, -0.05) is 35.9 Å². The van der Waals surface area contributed by atoms with Gasteiger partial charge < -0.3 is 10.6 Å². The predicted molar refractivity (Wildman–Crippen MR) is 97.9 cm³/mol. The van der Waals surface area contributed by atoms with E-state index in [-0.39, 0.29) is 0 Å². The van der Waals surface area contributed by atoms with Gasteiger partial charge in [-0.05, 0) is 36.2 Å². The molecule has 0 aliphatic carbocycles. The van der Waals surface area contributed by atoms with Crippen LogP contribution in [0.5, 0.6) is 0 Å². The van der Waals surface area contributed by atoms with Gasteiger partial charge in [-0.3, -0.25) is 0 Å². The molecule has 7 heteroatoms. The minimum atomic E-state index is 0.329. The van der Waals surface area contributed by atoms with E-state index in [1.165, 1.54) is 0 Å². The highest BCUT2D eigenvalue weighted by atomic mass is 35.5. The molecule has 0 unspecified atom stereocenters. The maximum absolute atomic E-state index is 9.13. The number of benzene rings is 2. The first-order valence-corrected chi connectivity index (χ1v) is 8.06. The Kier molecular flexibility index (Phi) is 5.39. The molecule has 0 saturated heterocycles. The summed E-state index contributed by atoms with van der Waals surface area (Å²) >= 11 is 5.98. The van der Waals surface area contributed by atoms with Gasteiger partial charge in [-0.2, -0.15) is 15.3 Å². The van der Waals surface area contributed by atoms with Gasteiger partial charge in [-0.15, -0.1) is 5.10 Å². The SMILES string of the molecule is N#Cc1ccccc1Nc1nncc(NCCc2cccc(Cl)c2)n1. The summed E-state index contributed by atoms with van der Waals surface area (Å²) in [7, 11) is 0. The van der Waals surface area contributed by atoms with Gasteiger partial charge in [0, 0.05) is 11.6 Å². The van der Waals surface area contributed by atoms with Crippen LogP contribution in [0.25, 0.3) is 0 Å². The number of halogens is 1. The Balaban J connectivity index is 1.62. The first kappa shape index (κ1) is 16.7. The predicted octanol–water partition coefficient (Wildman–Crippen LogP) is 3.79. The van der Waals surface area contributed by atoms with Crippen molar-refractivity contribution in [3.05, 3.63) is 70.9 Å². The third kappa shape index (κ3) is 4.66. The van der Waals surface area contributed by atoms with Crippen LogP contribution in [0.2, 0.25) is 5.02 Å². The second kappa shape index (κ2) is 8.08. The third-order valence-corrected chi connectivity index (χ3v) is 3.70. The summed E-state index contributed by atoms with van der Waals surface area (Å²) in [6, 6.07) is 17.0. The van der Waals surface area contributed by atoms with Crippen molar-refractivity contribution in [3.8, 4) is 6.07 Å². The van der Waals surface area contributed by atoms with Gasteiger partial charge in [0.1, 0.15) is 6.07 Å². The van der Waals surface area contributed by atoms with Crippen LogP contribution in [0.4, 0.5) is 17.5 Å². The van der Waals surface area contributed by atoms with E-state index in [9.17, 15) is 0 Å². The molecule has 124 valence electrons. The third-order valence-electron chi connectivity index (χ3n) is 3.46. The highest BCUT2D eigenvalue weighted by molar-refractivity contribution is 6.30. The summed E-state index contributed by atoms with van der Waals surface area (Å²) in [6.45, 7) is 0.688. The second-order valence-electron chi connectivity index (χ2n) is 5.25. The quantitative estimate of drug-likeness (QED) is 0.703. The van der Waals surface area contributed by atoms with Crippen molar-refractivity contribution in [2.45, 2.75) is 6.42 Å². The molecule has 3 rings (SSSR count). The van der Waals surface area contributed by atoms with E-state index in [1.54, 1.807) is 24.4 Å². The van der Waals surface area contributed by atoms with Gasteiger partial charge >= 0.3 is 0 Å². The van der Waals surface area contributed by atoms with Gasteiger partial charge in [-0.25, -0.2) is 0 Å². The lowest BCUT2D eigenvalue weighted by Gasteiger charge is -2.08. The Morgan fingerprint density at radius 3 is 2.84 bits per heavy atom. The zero-order chi connectivity index (χ0) is 17.5. The number of hydrogen-bond acceptors (Lipinski definition) is 6. The van der Waals surface area contributed by atoms with E-state index >= 15 is 0 Å². The number of hydrogen-bond donors (Lipinski definition) is 2. The lowest BCUT2D eigenvalue weighted by Crippen LogP contribution is -2.09. The lowest BCUT2D eigenvalue weighted by molar-refractivity contribution is 0.950. The van der Waals surface area contributed by atoms with Crippen LogP contribution in [0.1, 0.15) is 11.1 Å². The summed E-state index contributed by atoms with van der Waals surface area (Å²) in [5, 5.41) is 24.0. The molecule has 2 aromatic carbocycles. The van der Waals surface area contributed by atoms with Crippen LogP contribution in [-0.4, -0.2) is 21.7 Å². The lowest BCUT2D eigenvalue weighted by atomic mass is 10.1. The molecular weight excluding hydrogens is 336 g/mol. The maximum atomic E-state index is 9.13. The average Bonchev–Trinajstić information content (AvgIpc) is 2.63. The van der Waals surface area contributed by atoms with Crippen LogP contribution in [0.15, 0.2) is 54.7 Å². The van der Waals surface area contributed by atoms with E-state index in [2.05, 4.69) is 31.9 Å². The number of nitrogens with zero attached hydrogens (tertiary/aromatic N) is 4.